The van der Waals surface area contributed by atoms with Crippen LogP contribution in [0, 0.1) is 18.2 Å². The van der Waals surface area contributed by atoms with E-state index in [1.165, 1.54) is 47.3 Å². The normalized spacial score (nSPS) is 21.7. The summed E-state index contributed by atoms with van der Waals surface area (Å²) in [6.07, 6.45) is 6.88. The lowest BCUT2D eigenvalue weighted by molar-refractivity contribution is -0.116. The number of carbonyl (C=O) groups is 1. The van der Waals surface area contributed by atoms with Crippen molar-refractivity contribution in [3.8, 4) is 0 Å². The van der Waals surface area contributed by atoms with Crippen molar-refractivity contribution >= 4 is 23.0 Å². The van der Waals surface area contributed by atoms with Gasteiger partial charge < -0.3 is 15.4 Å². The predicted octanol–water partition coefficient (Wildman–Crippen LogP) is 4.95. The lowest BCUT2D eigenvalue weighted by atomic mass is 9.64. The van der Waals surface area contributed by atoms with Crippen molar-refractivity contribution in [2.24, 2.45) is 12.5 Å². The van der Waals surface area contributed by atoms with Crippen molar-refractivity contribution in [3.05, 3.63) is 95.0 Å². The van der Waals surface area contributed by atoms with E-state index in [4.69, 9.17) is 0 Å². The molecule has 3 atom stereocenters. The van der Waals surface area contributed by atoms with Crippen LogP contribution in [-0.4, -0.2) is 42.7 Å². The Kier molecular flexibility index (Phi) is 7.89. The van der Waals surface area contributed by atoms with Crippen LogP contribution in [0.25, 0.3) is 0 Å². The highest BCUT2D eigenvalue weighted by molar-refractivity contribution is 7.82. The minimum Gasteiger partial charge on any atom is -0.354 e. The maximum atomic E-state index is 15.6. The first-order valence-electron chi connectivity index (χ1n) is 13.2. The smallest absolute Gasteiger partial charge is 0.350 e. The summed E-state index contributed by atoms with van der Waals surface area (Å²) >= 11 is 0. The number of aldehydes is 1. The lowest BCUT2D eigenvalue weighted by Crippen LogP contribution is -2.47. The molecule has 216 valence electrons. The quantitative estimate of drug-likeness (QED) is 0.273. The van der Waals surface area contributed by atoms with Gasteiger partial charge in [0.25, 0.3) is 0 Å². The number of nitrogens with one attached hydrogen (secondary N) is 2. The highest BCUT2D eigenvalue weighted by Gasteiger charge is 2.47. The molecule has 0 aliphatic heterocycles. The zero-order valence-corrected chi connectivity index (χ0v) is 23.7. The third-order valence-electron chi connectivity index (χ3n) is 7.77. The second-order valence-corrected chi connectivity index (χ2v) is 12.0. The number of aromatic nitrogens is 3. The molecule has 12 heteroatoms. The van der Waals surface area contributed by atoms with Crippen molar-refractivity contribution in [3.63, 3.8) is 0 Å². The van der Waals surface area contributed by atoms with Crippen molar-refractivity contribution in [2.45, 2.75) is 49.7 Å². The Morgan fingerprint density at radius 2 is 1.95 bits per heavy atom. The molecular formula is C29H31F3N6O2S. The van der Waals surface area contributed by atoms with Gasteiger partial charge in [0.2, 0.25) is 0 Å². The highest BCUT2D eigenvalue weighted by atomic mass is 32.2. The van der Waals surface area contributed by atoms with E-state index in [0.717, 1.165) is 11.9 Å². The maximum absolute atomic E-state index is 15.6. The molecule has 2 aromatic heterocycles. The topological polar surface area (TPSA) is 92.1 Å². The Hall–Kier alpha value is -3.77. The molecule has 3 aromatic rings. The van der Waals surface area contributed by atoms with Crippen molar-refractivity contribution in [2.75, 3.05) is 12.4 Å². The summed E-state index contributed by atoms with van der Waals surface area (Å²) in [5, 5.41) is 10.2. The van der Waals surface area contributed by atoms with E-state index in [1.54, 1.807) is 43.7 Å². The monoisotopic (exact) mass is 584 g/mol. The number of hydrogen-bond acceptors (Lipinski definition) is 6. The number of pyridine rings is 1. The molecule has 0 spiro atoms. The minimum absolute atomic E-state index is 0.0196. The molecule has 2 heterocycles. The number of nitrogens with zero attached hydrogens (tertiary/aromatic N) is 4. The average molecular weight is 585 g/mol. The fraction of sp³-hybridized carbons (Fsp3) is 0.345. The van der Waals surface area contributed by atoms with Gasteiger partial charge in [0, 0.05) is 55.4 Å². The Morgan fingerprint density at radius 3 is 2.61 bits per heavy atom. The van der Waals surface area contributed by atoms with E-state index in [-0.39, 0.29) is 23.7 Å². The molecule has 0 saturated heterocycles. The predicted molar refractivity (Wildman–Crippen MR) is 149 cm³/mol. The summed E-state index contributed by atoms with van der Waals surface area (Å²) in [4.78, 5) is 16.8. The van der Waals surface area contributed by atoms with Gasteiger partial charge in [-0.15, -0.1) is 0 Å². The molecule has 2 aliphatic rings. The number of fused-ring (bicyclic) bond motifs is 1. The van der Waals surface area contributed by atoms with Crippen LogP contribution < -0.4 is 10.6 Å². The van der Waals surface area contributed by atoms with Crippen LogP contribution in [0.1, 0.15) is 36.9 Å². The number of halogens is 3. The number of rotatable bonds is 9. The van der Waals surface area contributed by atoms with Crippen LogP contribution in [0.15, 0.2) is 82.9 Å². The summed E-state index contributed by atoms with van der Waals surface area (Å²) in [5.41, 5.74) is 0.939. The van der Waals surface area contributed by atoms with Gasteiger partial charge >= 0.3 is 6.05 Å². The van der Waals surface area contributed by atoms with Gasteiger partial charge in [0.05, 0.1) is 17.3 Å². The maximum Gasteiger partial charge on any atom is 0.350 e. The Bertz CT molecular complexity index is 1540. The number of carbonyl (C=O) groups excluding carboxylic acids is 1. The Balaban J connectivity index is 1.48. The Labute approximate surface area is 238 Å². The molecule has 0 radical (unpaired) electrons. The third kappa shape index (κ3) is 5.84. The van der Waals surface area contributed by atoms with E-state index in [0.29, 0.717) is 41.4 Å². The third-order valence-corrected chi connectivity index (χ3v) is 9.35. The number of hydrogen-bond donors (Lipinski definition) is 2. The van der Waals surface area contributed by atoms with E-state index in [1.807, 2.05) is 0 Å². The zero-order valence-electron chi connectivity index (χ0n) is 22.9. The second kappa shape index (κ2) is 11.2. The number of aryl methyl sites for hydroxylation is 2. The summed E-state index contributed by atoms with van der Waals surface area (Å²) in [7, 11) is 1.92. The molecular weight excluding hydrogens is 553 g/mol. The first-order valence-corrected chi connectivity index (χ1v) is 14.3. The summed E-state index contributed by atoms with van der Waals surface area (Å²) in [5.74, 6) is -0.421. The lowest BCUT2D eigenvalue weighted by Gasteiger charge is -2.45. The van der Waals surface area contributed by atoms with Gasteiger partial charge in [-0.25, -0.2) is 12.9 Å². The Morgan fingerprint density at radius 1 is 1.20 bits per heavy atom. The number of anilines is 1. The van der Waals surface area contributed by atoms with Gasteiger partial charge in [-0.05, 0) is 74.7 Å². The van der Waals surface area contributed by atoms with Gasteiger partial charge in [-0.2, -0.15) is 13.9 Å². The number of alkyl halides is 2. The van der Waals surface area contributed by atoms with Crippen LogP contribution in [0.4, 0.5) is 18.9 Å². The van der Waals surface area contributed by atoms with Gasteiger partial charge in [0.15, 0.2) is 0 Å². The molecule has 0 amide bonds. The molecule has 5 rings (SSSR count). The van der Waals surface area contributed by atoms with Crippen LogP contribution in [0.2, 0.25) is 0 Å². The van der Waals surface area contributed by atoms with E-state index in [9.17, 15) is 13.4 Å². The molecule has 1 fully saturated rings. The van der Waals surface area contributed by atoms with E-state index in [2.05, 4.69) is 20.7 Å². The van der Waals surface area contributed by atoms with Gasteiger partial charge in [-0.1, -0.05) is 5.57 Å². The number of allylic oxidation sites excluding steroid dienone is 3. The summed E-state index contributed by atoms with van der Waals surface area (Å²) < 4.78 is 61.4. The fourth-order valence-corrected chi connectivity index (χ4v) is 6.70. The zero-order chi connectivity index (χ0) is 29.4. The summed E-state index contributed by atoms with van der Waals surface area (Å²) in [6, 6.07) is 6.10. The van der Waals surface area contributed by atoms with Gasteiger partial charge in [0.1, 0.15) is 28.1 Å². The highest BCUT2D eigenvalue weighted by Crippen LogP contribution is 2.49. The molecule has 2 aliphatic carbocycles. The fourth-order valence-electron chi connectivity index (χ4n) is 5.50. The molecule has 1 aromatic carbocycles. The average Bonchev–Trinajstić information content (AvgIpc) is 3.39. The molecule has 0 bridgehead atoms. The molecule has 8 nitrogen and oxygen atoms in total. The first kappa shape index (κ1) is 28.7. The minimum atomic E-state index is -3.47. The first-order chi connectivity index (χ1) is 19.5. The standard InChI is InChI=1S/C29H31F3N6O2S/c1-19-14-21(10-12-33-19)29(31,32)36-26-17-28(18-39)16-24(38(3)41(40)27-11-13-34-37(27)2)9-4-20(28)15-25(26)35-23-7-5-22(30)6-8-23/h5-8,10-15,18,24,35-36H,4,9,16-17H2,1-3H3. The molecule has 41 heavy (non-hydrogen) atoms. The van der Waals surface area contributed by atoms with Crippen LogP contribution >= 0.6 is 0 Å². The van der Waals surface area contributed by atoms with Crippen LogP contribution in [0.3, 0.4) is 0 Å². The van der Waals surface area contributed by atoms with Crippen molar-refractivity contribution in [1.82, 2.24) is 24.4 Å². The number of benzene rings is 1. The SMILES string of the molecule is Cc1cc(C(F)(F)NC2=C(Nc3ccc(F)cc3)C=C3CCC(N(C)S(=O)c4ccnn4C)CC3(C=O)C2)ccn1. The van der Waals surface area contributed by atoms with E-state index < -0.39 is 28.3 Å². The van der Waals surface area contributed by atoms with Crippen LogP contribution in [0.5, 0.6) is 0 Å². The van der Waals surface area contributed by atoms with Crippen LogP contribution in [-0.2, 0) is 28.9 Å². The van der Waals surface area contributed by atoms with Crippen molar-refractivity contribution < 1.29 is 22.2 Å². The second-order valence-electron chi connectivity index (χ2n) is 10.5. The summed E-state index contributed by atoms with van der Waals surface area (Å²) in [6.45, 7) is 1.63. The molecule has 1 saturated carbocycles. The molecule has 2 N–H and O–H groups in total. The van der Waals surface area contributed by atoms with E-state index >= 15 is 8.78 Å². The largest absolute Gasteiger partial charge is 0.354 e. The van der Waals surface area contributed by atoms with Gasteiger partial charge in [-0.3, -0.25) is 9.67 Å². The van der Waals surface area contributed by atoms with Crippen molar-refractivity contribution in [1.29, 1.82) is 0 Å². The molecule has 3 unspecified atom stereocenters.